The molecule has 0 saturated carbocycles. The highest BCUT2D eigenvalue weighted by Crippen LogP contribution is 2.18. The lowest BCUT2D eigenvalue weighted by Gasteiger charge is -2.13. The Balaban J connectivity index is 2.35. The Hall–Kier alpha value is -1.75. The summed E-state index contributed by atoms with van der Waals surface area (Å²) in [6.45, 7) is 0. The number of hydrogen-bond acceptors (Lipinski definition) is 3. The van der Waals surface area contributed by atoms with E-state index < -0.39 is 0 Å². The molecule has 4 nitrogen and oxygen atoms in total. The molecule has 0 spiro atoms. The molecular weight excluding hydrogens is 195 g/mol. The number of nitrogens with zero attached hydrogens (tertiary/aromatic N) is 2. The van der Waals surface area contributed by atoms with E-state index in [1.807, 2.05) is 6.07 Å². The van der Waals surface area contributed by atoms with Gasteiger partial charge in [0.05, 0.1) is 6.04 Å². The molecule has 0 aliphatic carbocycles. The maximum Gasteiger partial charge on any atom is 0.145 e. The summed E-state index contributed by atoms with van der Waals surface area (Å²) >= 11 is 0. The van der Waals surface area contributed by atoms with Crippen LogP contribution in [-0.4, -0.2) is 22.2 Å². The van der Waals surface area contributed by atoms with Crippen molar-refractivity contribution in [2.75, 3.05) is 7.05 Å². The van der Waals surface area contributed by atoms with Gasteiger partial charge >= 0.3 is 0 Å². The van der Waals surface area contributed by atoms with Crippen molar-refractivity contribution in [1.82, 2.24) is 20.5 Å². The highest BCUT2D eigenvalue weighted by molar-refractivity contribution is 5.24. The zero-order chi connectivity index (χ0) is 10.7. The number of hydrogen-bond donors (Lipinski definition) is 2. The predicted molar refractivity (Wildman–Crippen MR) is 53.7 cm³/mol. The van der Waals surface area contributed by atoms with Crippen molar-refractivity contribution in [2.24, 2.45) is 0 Å². The summed E-state index contributed by atoms with van der Waals surface area (Å²) in [6, 6.07) is 6.24. The van der Waals surface area contributed by atoms with E-state index in [9.17, 15) is 4.39 Å². The van der Waals surface area contributed by atoms with E-state index in [4.69, 9.17) is 0 Å². The smallest absolute Gasteiger partial charge is 0.145 e. The normalized spacial score (nSPS) is 12.7. The lowest BCUT2D eigenvalue weighted by atomic mass is 10.1. The van der Waals surface area contributed by atoms with Crippen molar-refractivity contribution in [3.05, 3.63) is 47.8 Å². The van der Waals surface area contributed by atoms with E-state index in [2.05, 4.69) is 20.5 Å². The second-order valence-corrected chi connectivity index (χ2v) is 3.15. The Morgan fingerprint density at radius 3 is 2.93 bits per heavy atom. The van der Waals surface area contributed by atoms with Crippen LogP contribution in [0.5, 0.6) is 0 Å². The molecule has 2 N–H and O–H groups in total. The van der Waals surface area contributed by atoms with Crippen LogP contribution in [0.25, 0.3) is 0 Å². The number of aromatic amines is 1. The van der Waals surface area contributed by atoms with E-state index in [1.54, 1.807) is 13.1 Å². The third-order valence-electron chi connectivity index (χ3n) is 2.18. The Kier molecular flexibility index (Phi) is 2.73. The van der Waals surface area contributed by atoms with Gasteiger partial charge in [0.1, 0.15) is 18.0 Å². The molecule has 1 aromatic carbocycles. The molecule has 0 saturated heterocycles. The van der Waals surface area contributed by atoms with Crippen LogP contribution in [0, 0.1) is 5.82 Å². The molecule has 0 aliphatic heterocycles. The van der Waals surface area contributed by atoms with Gasteiger partial charge in [-0.15, -0.1) is 0 Å². The Morgan fingerprint density at radius 2 is 2.33 bits per heavy atom. The molecule has 0 radical (unpaired) electrons. The minimum atomic E-state index is -0.257. The van der Waals surface area contributed by atoms with Crippen molar-refractivity contribution in [2.45, 2.75) is 6.04 Å². The molecule has 78 valence electrons. The van der Waals surface area contributed by atoms with Gasteiger partial charge in [0, 0.05) is 0 Å². The summed E-state index contributed by atoms with van der Waals surface area (Å²) in [7, 11) is 1.79. The molecule has 1 aromatic heterocycles. The number of benzene rings is 1. The van der Waals surface area contributed by atoms with Crippen molar-refractivity contribution in [1.29, 1.82) is 0 Å². The molecule has 5 heteroatoms. The summed E-state index contributed by atoms with van der Waals surface area (Å²) in [5.74, 6) is 0.412. The molecule has 0 fully saturated rings. The topological polar surface area (TPSA) is 53.6 Å². The summed E-state index contributed by atoms with van der Waals surface area (Å²) in [5, 5.41) is 9.58. The summed E-state index contributed by atoms with van der Waals surface area (Å²) in [6.07, 6.45) is 1.43. The standard InChI is InChI=1S/C10H11FN4/c1-12-9(10-13-6-14-15-10)7-3-2-4-8(11)5-7/h2-6,9,12H,1H3,(H,13,14,15). The summed E-state index contributed by atoms with van der Waals surface area (Å²) in [5.41, 5.74) is 0.814. The van der Waals surface area contributed by atoms with Gasteiger partial charge in [0.25, 0.3) is 0 Å². The van der Waals surface area contributed by atoms with Gasteiger partial charge in [-0.05, 0) is 24.7 Å². The van der Waals surface area contributed by atoms with Crippen molar-refractivity contribution in [3.8, 4) is 0 Å². The zero-order valence-electron chi connectivity index (χ0n) is 8.24. The molecule has 1 atom stereocenters. The van der Waals surface area contributed by atoms with Crippen LogP contribution in [0.2, 0.25) is 0 Å². The maximum absolute atomic E-state index is 13.0. The fraction of sp³-hybridized carbons (Fsp3) is 0.200. The second-order valence-electron chi connectivity index (χ2n) is 3.15. The molecule has 15 heavy (non-hydrogen) atoms. The van der Waals surface area contributed by atoms with Gasteiger partial charge in [-0.25, -0.2) is 9.37 Å². The van der Waals surface area contributed by atoms with Crippen LogP contribution < -0.4 is 5.32 Å². The number of halogens is 1. The first-order valence-electron chi connectivity index (χ1n) is 4.59. The molecule has 0 bridgehead atoms. The van der Waals surface area contributed by atoms with Gasteiger partial charge in [-0.2, -0.15) is 5.10 Å². The minimum absolute atomic E-state index is 0.164. The first-order chi connectivity index (χ1) is 7.31. The number of nitrogens with one attached hydrogen (secondary N) is 2. The van der Waals surface area contributed by atoms with E-state index in [1.165, 1.54) is 18.5 Å². The average Bonchev–Trinajstić information content (AvgIpc) is 2.72. The monoisotopic (exact) mass is 206 g/mol. The Labute approximate surface area is 86.6 Å². The zero-order valence-corrected chi connectivity index (χ0v) is 8.24. The van der Waals surface area contributed by atoms with Crippen LogP contribution >= 0.6 is 0 Å². The van der Waals surface area contributed by atoms with Crippen molar-refractivity contribution >= 4 is 0 Å². The molecule has 1 unspecified atom stereocenters. The first-order valence-corrected chi connectivity index (χ1v) is 4.59. The number of H-pyrrole nitrogens is 1. The Bertz CT molecular complexity index is 427. The Morgan fingerprint density at radius 1 is 1.47 bits per heavy atom. The second kappa shape index (κ2) is 4.18. The van der Waals surface area contributed by atoms with Gasteiger partial charge in [0.2, 0.25) is 0 Å². The first kappa shape index (κ1) is 9.79. The fourth-order valence-electron chi connectivity index (χ4n) is 1.50. The third-order valence-corrected chi connectivity index (χ3v) is 2.18. The van der Waals surface area contributed by atoms with Crippen molar-refractivity contribution < 1.29 is 4.39 Å². The van der Waals surface area contributed by atoms with E-state index in [0.717, 1.165) is 5.56 Å². The summed E-state index contributed by atoms with van der Waals surface area (Å²) in [4.78, 5) is 4.04. The minimum Gasteiger partial charge on any atom is -0.307 e. The lowest BCUT2D eigenvalue weighted by molar-refractivity contribution is 0.609. The van der Waals surface area contributed by atoms with Gasteiger partial charge < -0.3 is 5.32 Å². The highest BCUT2D eigenvalue weighted by atomic mass is 19.1. The third kappa shape index (κ3) is 2.02. The van der Waals surface area contributed by atoms with Crippen LogP contribution in [0.3, 0.4) is 0 Å². The molecule has 2 rings (SSSR count). The molecular formula is C10H11FN4. The molecule has 1 heterocycles. The van der Waals surface area contributed by atoms with Crippen LogP contribution in [-0.2, 0) is 0 Å². The van der Waals surface area contributed by atoms with Gasteiger partial charge in [0.15, 0.2) is 0 Å². The van der Waals surface area contributed by atoms with Crippen molar-refractivity contribution in [3.63, 3.8) is 0 Å². The van der Waals surface area contributed by atoms with Crippen LogP contribution in [0.1, 0.15) is 17.4 Å². The largest absolute Gasteiger partial charge is 0.307 e. The number of aromatic nitrogens is 3. The fourth-order valence-corrected chi connectivity index (χ4v) is 1.50. The summed E-state index contributed by atoms with van der Waals surface area (Å²) < 4.78 is 13.0. The van der Waals surface area contributed by atoms with Crippen LogP contribution in [0.15, 0.2) is 30.6 Å². The van der Waals surface area contributed by atoms with E-state index in [0.29, 0.717) is 5.82 Å². The molecule has 0 aliphatic rings. The maximum atomic E-state index is 13.0. The van der Waals surface area contributed by atoms with Crippen LogP contribution in [0.4, 0.5) is 4.39 Å². The molecule has 2 aromatic rings. The molecule has 0 amide bonds. The van der Waals surface area contributed by atoms with E-state index in [-0.39, 0.29) is 11.9 Å². The highest BCUT2D eigenvalue weighted by Gasteiger charge is 2.14. The van der Waals surface area contributed by atoms with Gasteiger partial charge in [-0.1, -0.05) is 12.1 Å². The number of rotatable bonds is 3. The predicted octanol–water partition coefficient (Wildman–Crippen LogP) is 1.25. The quantitative estimate of drug-likeness (QED) is 0.794. The SMILES string of the molecule is CNC(c1cccc(F)c1)c1ncn[nH]1. The van der Waals surface area contributed by atoms with E-state index >= 15 is 0 Å². The average molecular weight is 206 g/mol. The lowest BCUT2D eigenvalue weighted by Crippen LogP contribution is -2.19. The van der Waals surface area contributed by atoms with Gasteiger partial charge in [-0.3, -0.25) is 5.10 Å².